The van der Waals surface area contributed by atoms with Gasteiger partial charge in [-0.25, -0.2) is 9.07 Å². The summed E-state index contributed by atoms with van der Waals surface area (Å²) in [4.78, 5) is 14.7. The number of carbonyl (C=O) groups is 1. The molecule has 0 bridgehead atoms. The summed E-state index contributed by atoms with van der Waals surface area (Å²) < 4.78 is 14.6. The maximum atomic E-state index is 13.2. The summed E-state index contributed by atoms with van der Waals surface area (Å²) in [6.45, 7) is 1.95. The van der Waals surface area contributed by atoms with E-state index in [9.17, 15) is 9.18 Å². The zero-order chi connectivity index (χ0) is 14.5. The van der Waals surface area contributed by atoms with Crippen LogP contribution in [0.25, 0.3) is 11.4 Å². The molecular formula is C12H14FN5O2. The van der Waals surface area contributed by atoms with Crippen LogP contribution in [-0.2, 0) is 4.79 Å². The van der Waals surface area contributed by atoms with E-state index in [2.05, 4.69) is 20.5 Å². The standard InChI is InChI=1S/C12H14FN5O2/c1-2-3-10(5-11(19)20)18-12(15-16-17-18)8-4-9(13)7-14-6-8/h4,6-7,10H,2-3,5H2,1H3,(H,19,20). The number of carboxylic acids is 1. The zero-order valence-corrected chi connectivity index (χ0v) is 10.9. The Morgan fingerprint density at radius 3 is 2.95 bits per heavy atom. The third-order valence-electron chi connectivity index (χ3n) is 2.83. The van der Waals surface area contributed by atoms with Crippen LogP contribution in [0, 0.1) is 5.82 Å². The average molecular weight is 279 g/mol. The van der Waals surface area contributed by atoms with E-state index < -0.39 is 11.8 Å². The van der Waals surface area contributed by atoms with Crippen LogP contribution >= 0.6 is 0 Å². The molecule has 20 heavy (non-hydrogen) atoms. The second-order valence-electron chi connectivity index (χ2n) is 4.38. The van der Waals surface area contributed by atoms with E-state index in [0.29, 0.717) is 17.8 Å². The number of rotatable bonds is 6. The number of tetrazole rings is 1. The minimum absolute atomic E-state index is 0.0887. The first-order valence-corrected chi connectivity index (χ1v) is 6.22. The van der Waals surface area contributed by atoms with Crippen molar-refractivity contribution in [3.8, 4) is 11.4 Å². The predicted molar refractivity (Wildman–Crippen MR) is 67.2 cm³/mol. The Balaban J connectivity index is 2.37. The Kier molecular flexibility index (Phi) is 4.34. The molecule has 0 saturated carbocycles. The molecule has 8 heteroatoms. The van der Waals surface area contributed by atoms with Gasteiger partial charge in [-0.15, -0.1) is 5.10 Å². The molecule has 0 saturated heterocycles. The summed E-state index contributed by atoms with van der Waals surface area (Å²) in [5.41, 5.74) is 0.418. The molecule has 2 aromatic rings. The molecular weight excluding hydrogens is 265 g/mol. The van der Waals surface area contributed by atoms with Crippen molar-refractivity contribution in [2.24, 2.45) is 0 Å². The monoisotopic (exact) mass is 279 g/mol. The fraction of sp³-hybridized carbons (Fsp3) is 0.417. The number of aliphatic carboxylic acids is 1. The van der Waals surface area contributed by atoms with E-state index in [4.69, 9.17) is 5.11 Å². The molecule has 1 atom stereocenters. The second kappa shape index (κ2) is 6.18. The lowest BCUT2D eigenvalue weighted by Crippen LogP contribution is -2.16. The number of hydrogen-bond donors (Lipinski definition) is 1. The molecule has 0 radical (unpaired) electrons. The molecule has 0 aromatic carbocycles. The molecule has 1 unspecified atom stereocenters. The maximum Gasteiger partial charge on any atom is 0.305 e. The number of carboxylic acid groups (broad SMARTS) is 1. The van der Waals surface area contributed by atoms with E-state index in [-0.39, 0.29) is 12.5 Å². The Bertz CT molecular complexity index is 601. The van der Waals surface area contributed by atoms with E-state index in [1.54, 1.807) is 0 Å². The van der Waals surface area contributed by atoms with Gasteiger partial charge in [0.25, 0.3) is 0 Å². The summed E-state index contributed by atoms with van der Waals surface area (Å²) in [6.07, 6.45) is 3.84. The van der Waals surface area contributed by atoms with Crippen LogP contribution < -0.4 is 0 Å². The lowest BCUT2D eigenvalue weighted by Gasteiger charge is -2.15. The molecule has 2 aromatic heterocycles. The second-order valence-corrected chi connectivity index (χ2v) is 4.38. The highest BCUT2D eigenvalue weighted by Crippen LogP contribution is 2.24. The van der Waals surface area contributed by atoms with Crippen LogP contribution in [0.1, 0.15) is 32.2 Å². The predicted octanol–water partition coefficient (Wildman–Crippen LogP) is 1.69. The highest BCUT2D eigenvalue weighted by atomic mass is 19.1. The third kappa shape index (κ3) is 3.14. The van der Waals surface area contributed by atoms with Gasteiger partial charge in [-0.2, -0.15) is 0 Å². The van der Waals surface area contributed by atoms with Gasteiger partial charge >= 0.3 is 5.97 Å². The maximum absolute atomic E-state index is 13.2. The first-order valence-electron chi connectivity index (χ1n) is 6.22. The summed E-state index contributed by atoms with van der Waals surface area (Å²) in [6, 6.07) is 0.893. The molecule has 0 aliphatic carbocycles. The Morgan fingerprint density at radius 1 is 1.50 bits per heavy atom. The summed E-state index contributed by atoms with van der Waals surface area (Å²) in [5.74, 6) is -1.11. The first kappa shape index (κ1) is 14.0. The summed E-state index contributed by atoms with van der Waals surface area (Å²) >= 11 is 0. The van der Waals surface area contributed by atoms with Crippen molar-refractivity contribution in [1.29, 1.82) is 0 Å². The van der Waals surface area contributed by atoms with Crippen LogP contribution in [0.3, 0.4) is 0 Å². The Hall–Kier alpha value is -2.38. The Morgan fingerprint density at radius 2 is 2.30 bits per heavy atom. The van der Waals surface area contributed by atoms with Gasteiger partial charge in [0.15, 0.2) is 5.82 Å². The van der Waals surface area contributed by atoms with Crippen molar-refractivity contribution in [2.45, 2.75) is 32.2 Å². The van der Waals surface area contributed by atoms with Crippen LogP contribution in [0.15, 0.2) is 18.5 Å². The van der Waals surface area contributed by atoms with Crippen LogP contribution in [0.2, 0.25) is 0 Å². The number of nitrogens with zero attached hydrogens (tertiary/aromatic N) is 5. The fourth-order valence-electron chi connectivity index (χ4n) is 2.01. The SMILES string of the molecule is CCCC(CC(=O)O)n1nnnc1-c1cncc(F)c1. The minimum atomic E-state index is -0.928. The lowest BCUT2D eigenvalue weighted by atomic mass is 10.1. The van der Waals surface area contributed by atoms with E-state index in [1.165, 1.54) is 16.9 Å². The topological polar surface area (TPSA) is 93.8 Å². The molecule has 1 N–H and O–H groups in total. The van der Waals surface area contributed by atoms with Gasteiger partial charge in [-0.05, 0) is 22.9 Å². The fourth-order valence-corrected chi connectivity index (χ4v) is 2.01. The van der Waals surface area contributed by atoms with Gasteiger partial charge in [0.1, 0.15) is 5.82 Å². The van der Waals surface area contributed by atoms with Gasteiger partial charge in [0, 0.05) is 11.8 Å². The van der Waals surface area contributed by atoms with Gasteiger partial charge in [-0.1, -0.05) is 13.3 Å². The Labute approximate surface area is 114 Å². The molecule has 0 aliphatic heterocycles. The van der Waals surface area contributed by atoms with Gasteiger partial charge in [-0.3, -0.25) is 9.78 Å². The van der Waals surface area contributed by atoms with E-state index in [1.807, 2.05) is 6.92 Å². The van der Waals surface area contributed by atoms with E-state index in [0.717, 1.165) is 12.6 Å². The molecule has 2 rings (SSSR count). The van der Waals surface area contributed by atoms with Crippen LogP contribution in [0.4, 0.5) is 4.39 Å². The quantitative estimate of drug-likeness (QED) is 0.864. The molecule has 0 fully saturated rings. The summed E-state index contributed by atoms with van der Waals surface area (Å²) in [7, 11) is 0. The average Bonchev–Trinajstić information content (AvgIpc) is 2.86. The number of hydrogen-bond acceptors (Lipinski definition) is 5. The van der Waals surface area contributed by atoms with E-state index >= 15 is 0 Å². The van der Waals surface area contributed by atoms with Gasteiger partial charge in [0.05, 0.1) is 18.7 Å². The van der Waals surface area contributed by atoms with Crippen molar-refractivity contribution in [2.75, 3.05) is 0 Å². The van der Waals surface area contributed by atoms with Crippen molar-refractivity contribution in [1.82, 2.24) is 25.2 Å². The molecule has 0 aliphatic rings. The normalized spacial score (nSPS) is 12.3. The van der Waals surface area contributed by atoms with Crippen LogP contribution in [-0.4, -0.2) is 36.3 Å². The zero-order valence-electron chi connectivity index (χ0n) is 10.9. The lowest BCUT2D eigenvalue weighted by molar-refractivity contribution is -0.138. The van der Waals surface area contributed by atoms with Crippen molar-refractivity contribution >= 4 is 5.97 Å². The molecule has 2 heterocycles. The highest BCUT2D eigenvalue weighted by Gasteiger charge is 2.21. The molecule has 0 amide bonds. The van der Waals surface area contributed by atoms with Crippen LogP contribution in [0.5, 0.6) is 0 Å². The van der Waals surface area contributed by atoms with Crippen molar-refractivity contribution in [3.05, 3.63) is 24.3 Å². The van der Waals surface area contributed by atoms with Gasteiger partial charge < -0.3 is 5.11 Å². The number of aromatic nitrogens is 5. The minimum Gasteiger partial charge on any atom is -0.481 e. The first-order chi connectivity index (χ1) is 9.61. The van der Waals surface area contributed by atoms with Crippen molar-refractivity contribution < 1.29 is 14.3 Å². The number of pyridine rings is 1. The molecule has 0 spiro atoms. The molecule has 106 valence electrons. The molecule has 7 nitrogen and oxygen atoms in total. The number of halogens is 1. The van der Waals surface area contributed by atoms with Crippen molar-refractivity contribution in [3.63, 3.8) is 0 Å². The highest BCUT2D eigenvalue weighted by molar-refractivity contribution is 5.67. The largest absolute Gasteiger partial charge is 0.481 e. The van der Waals surface area contributed by atoms with Gasteiger partial charge in [0.2, 0.25) is 0 Å². The third-order valence-corrected chi connectivity index (χ3v) is 2.83. The smallest absolute Gasteiger partial charge is 0.305 e. The summed E-state index contributed by atoms with van der Waals surface area (Å²) in [5, 5.41) is 20.2.